The molecule has 0 bridgehead atoms. The van der Waals surface area contributed by atoms with Gasteiger partial charge in [-0.2, -0.15) is 0 Å². The predicted octanol–water partition coefficient (Wildman–Crippen LogP) is 0.392. The van der Waals surface area contributed by atoms with E-state index >= 15 is 0 Å². The first kappa shape index (κ1) is 8.87. The zero-order valence-electron chi connectivity index (χ0n) is 6.78. The Labute approximate surface area is 70.4 Å². The van der Waals surface area contributed by atoms with Crippen LogP contribution in [0, 0.1) is 0 Å². The van der Waals surface area contributed by atoms with Crippen molar-refractivity contribution in [3.8, 4) is 0 Å². The number of allylic oxidation sites excluding steroid dienone is 2. The highest BCUT2D eigenvalue weighted by atomic mass is 16.3. The lowest BCUT2D eigenvalue weighted by atomic mass is 9.89. The summed E-state index contributed by atoms with van der Waals surface area (Å²) < 4.78 is 0. The van der Waals surface area contributed by atoms with Gasteiger partial charge in [-0.15, -0.1) is 0 Å². The molecule has 0 saturated heterocycles. The minimum atomic E-state index is -1.48. The van der Waals surface area contributed by atoms with Crippen molar-refractivity contribution in [3.63, 3.8) is 0 Å². The summed E-state index contributed by atoms with van der Waals surface area (Å²) in [6.45, 7) is 1.77. The van der Waals surface area contributed by atoms with Crippen LogP contribution in [0.3, 0.4) is 0 Å². The lowest BCUT2D eigenvalue weighted by molar-refractivity contribution is -0.119. The molecule has 0 spiro atoms. The molecular formula is C9H10O3. The van der Waals surface area contributed by atoms with Crippen LogP contribution in [0.25, 0.3) is 0 Å². The summed E-state index contributed by atoms with van der Waals surface area (Å²) in [5, 5.41) is 9.45. The van der Waals surface area contributed by atoms with Crippen molar-refractivity contribution in [2.75, 3.05) is 0 Å². The molecule has 0 saturated carbocycles. The Balaban J connectivity index is 3.02. The van der Waals surface area contributed by atoms with E-state index in [1.807, 2.05) is 0 Å². The highest BCUT2D eigenvalue weighted by molar-refractivity contribution is 5.83. The van der Waals surface area contributed by atoms with Gasteiger partial charge in [-0.25, -0.2) is 0 Å². The number of rotatable bonds is 2. The third kappa shape index (κ3) is 1.51. The van der Waals surface area contributed by atoms with Gasteiger partial charge >= 0.3 is 0 Å². The van der Waals surface area contributed by atoms with E-state index in [1.165, 1.54) is 6.08 Å². The molecule has 1 atom stereocenters. The molecule has 3 heteroatoms. The van der Waals surface area contributed by atoms with E-state index in [2.05, 4.69) is 0 Å². The SMILES string of the molecule is CC1=CCC(O)(C=O)C=C1C=O. The number of hydrogen-bond donors (Lipinski definition) is 1. The summed E-state index contributed by atoms with van der Waals surface area (Å²) >= 11 is 0. The van der Waals surface area contributed by atoms with Gasteiger partial charge in [-0.05, 0) is 18.6 Å². The van der Waals surface area contributed by atoms with Crippen molar-refractivity contribution >= 4 is 12.6 Å². The number of aldehydes is 2. The number of aliphatic hydroxyl groups is 1. The summed E-state index contributed by atoms with van der Waals surface area (Å²) in [6.07, 6.45) is 4.30. The van der Waals surface area contributed by atoms with Crippen LogP contribution in [0.15, 0.2) is 23.3 Å². The first-order valence-corrected chi connectivity index (χ1v) is 3.65. The summed E-state index contributed by atoms with van der Waals surface area (Å²) in [4.78, 5) is 20.8. The fourth-order valence-corrected chi connectivity index (χ4v) is 1.09. The second-order valence-corrected chi connectivity index (χ2v) is 2.92. The number of carbonyl (C=O) groups excluding carboxylic acids is 2. The molecule has 1 aliphatic rings. The Morgan fingerprint density at radius 3 is 2.75 bits per heavy atom. The van der Waals surface area contributed by atoms with Gasteiger partial charge in [0.25, 0.3) is 0 Å². The molecule has 64 valence electrons. The summed E-state index contributed by atoms with van der Waals surface area (Å²) in [5.74, 6) is 0. The molecule has 0 amide bonds. The minimum Gasteiger partial charge on any atom is -0.378 e. The van der Waals surface area contributed by atoms with Crippen molar-refractivity contribution < 1.29 is 14.7 Å². The maximum atomic E-state index is 10.4. The monoisotopic (exact) mass is 166 g/mol. The van der Waals surface area contributed by atoms with Gasteiger partial charge in [0.05, 0.1) is 0 Å². The zero-order valence-corrected chi connectivity index (χ0v) is 6.78. The fourth-order valence-electron chi connectivity index (χ4n) is 1.09. The molecule has 0 fully saturated rings. The van der Waals surface area contributed by atoms with Crippen LogP contribution >= 0.6 is 0 Å². The predicted molar refractivity (Wildman–Crippen MR) is 43.5 cm³/mol. The average Bonchev–Trinajstić information content (AvgIpc) is 2.10. The van der Waals surface area contributed by atoms with E-state index < -0.39 is 5.60 Å². The topological polar surface area (TPSA) is 54.4 Å². The van der Waals surface area contributed by atoms with Crippen LogP contribution < -0.4 is 0 Å². The Kier molecular flexibility index (Phi) is 2.24. The van der Waals surface area contributed by atoms with E-state index in [4.69, 9.17) is 0 Å². The van der Waals surface area contributed by atoms with Crippen LogP contribution in [-0.4, -0.2) is 23.3 Å². The van der Waals surface area contributed by atoms with Crippen LogP contribution in [0.4, 0.5) is 0 Å². The van der Waals surface area contributed by atoms with Crippen molar-refractivity contribution in [1.29, 1.82) is 0 Å². The lowest BCUT2D eigenvalue weighted by Crippen LogP contribution is -2.29. The van der Waals surface area contributed by atoms with E-state index in [-0.39, 0.29) is 6.42 Å². The van der Waals surface area contributed by atoms with Gasteiger partial charge in [0.1, 0.15) is 11.9 Å². The number of carbonyl (C=O) groups is 2. The van der Waals surface area contributed by atoms with E-state index in [0.29, 0.717) is 18.1 Å². The maximum absolute atomic E-state index is 10.4. The molecular weight excluding hydrogens is 156 g/mol. The average molecular weight is 166 g/mol. The standard InChI is InChI=1S/C9H10O3/c1-7-2-3-9(12,6-11)4-8(7)5-10/h2,4-6,12H,3H2,1H3. The summed E-state index contributed by atoms with van der Waals surface area (Å²) in [6, 6.07) is 0. The van der Waals surface area contributed by atoms with E-state index in [0.717, 1.165) is 5.57 Å². The molecule has 3 nitrogen and oxygen atoms in total. The maximum Gasteiger partial charge on any atom is 0.155 e. The molecule has 12 heavy (non-hydrogen) atoms. The highest BCUT2D eigenvalue weighted by Crippen LogP contribution is 2.23. The first-order valence-electron chi connectivity index (χ1n) is 3.65. The molecule has 0 aliphatic heterocycles. The molecule has 0 aromatic rings. The normalized spacial score (nSPS) is 28.8. The molecule has 1 rings (SSSR count). The van der Waals surface area contributed by atoms with Crippen LogP contribution in [-0.2, 0) is 9.59 Å². The van der Waals surface area contributed by atoms with Crippen molar-refractivity contribution in [1.82, 2.24) is 0 Å². The Bertz CT molecular complexity index is 275. The minimum absolute atomic E-state index is 0.250. The Morgan fingerprint density at radius 2 is 2.25 bits per heavy atom. The van der Waals surface area contributed by atoms with Gasteiger partial charge in [0, 0.05) is 12.0 Å². The summed E-state index contributed by atoms with van der Waals surface area (Å²) in [7, 11) is 0. The Morgan fingerprint density at radius 1 is 1.58 bits per heavy atom. The third-order valence-electron chi connectivity index (χ3n) is 1.93. The molecule has 0 aromatic heterocycles. The molecule has 1 aliphatic carbocycles. The van der Waals surface area contributed by atoms with E-state index in [9.17, 15) is 14.7 Å². The van der Waals surface area contributed by atoms with Crippen LogP contribution in [0.1, 0.15) is 13.3 Å². The van der Waals surface area contributed by atoms with Gasteiger partial charge < -0.3 is 5.11 Å². The van der Waals surface area contributed by atoms with Crippen molar-refractivity contribution in [3.05, 3.63) is 23.3 Å². The molecule has 0 aromatic carbocycles. The fraction of sp³-hybridized carbons (Fsp3) is 0.333. The Hall–Kier alpha value is -1.22. The quantitative estimate of drug-likeness (QED) is 0.604. The van der Waals surface area contributed by atoms with Crippen LogP contribution in [0.2, 0.25) is 0 Å². The van der Waals surface area contributed by atoms with Crippen molar-refractivity contribution in [2.45, 2.75) is 18.9 Å². The van der Waals surface area contributed by atoms with Gasteiger partial charge in [-0.1, -0.05) is 6.08 Å². The number of hydrogen-bond acceptors (Lipinski definition) is 3. The third-order valence-corrected chi connectivity index (χ3v) is 1.93. The molecule has 1 N–H and O–H groups in total. The molecule has 0 heterocycles. The second-order valence-electron chi connectivity index (χ2n) is 2.92. The smallest absolute Gasteiger partial charge is 0.155 e. The second kappa shape index (κ2) is 3.03. The highest BCUT2D eigenvalue weighted by Gasteiger charge is 2.26. The first-order chi connectivity index (χ1) is 5.61. The van der Waals surface area contributed by atoms with Gasteiger partial charge in [0.15, 0.2) is 6.29 Å². The zero-order chi connectivity index (χ0) is 9.19. The molecule has 0 radical (unpaired) electrons. The van der Waals surface area contributed by atoms with Crippen LogP contribution in [0.5, 0.6) is 0 Å². The lowest BCUT2D eigenvalue weighted by Gasteiger charge is -2.21. The largest absolute Gasteiger partial charge is 0.378 e. The van der Waals surface area contributed by atoms with E-state index in [1.54, 1.807) is 13.0 Å². The van der Waals surface area contributed by atoms with Gasteiger partial charge in [-0.3, -0.25) is 9.59 Å². The summed E-state index contributed by atoms with van der Waals surface area (Å²) in [5.41, 5.74) is -0.289. The molecule has 1 unspecified atom stereocenters. The van der Waals surface area contributed by atoms with Crippen molar-refractivity contribution in [2.24, 2.45) is 0 Å². The van der Waals surface area contributed by atoms with Gasteiger partial charge in [0.2, 0.25) is 0 Å².